The van der Waals surface area contributed by atoms with Gasteiger partial charge in [0.1, 0.15) is 17.9 Å². The first kappa shape index (κ1) is 25.5. The molecule has 8 nitrogen and oxygen atoms in total. The first-order valence-electron chi connectivity index (χ1n) is 7.22. The van der Waals surface area contributed by atoms with E-state index in [-0.39, 0.29) is 107 Å². The van der Waals surface area contributed by atoms with Gasteiger partial charge in [-0.1, -0.05) is 11.8 Å². The molecule has 3 N–H and O–H groups in total. The number of H-pyrrole nitrogens is 1. The number of hydrogen-bond acceptors (Lipinski definition) is 6. The van der Waals surface area contributed by atoms with Gasteiger partial charge in [0.25, 0.3) is 5.56 Å². The topological polar surface area (TPSA) is 128 Å². The van der Waals surface area contributed by atoms with Crippen LogP contribution in [-0.4, -0.2) is 38.6 Å². The van der Waals surface area contributed by atoms with Crippen LogP contribution in [0.15, 0.2) is 15.8 Å². The molecule has 0 spiro atoms. The van der Waals surface area contributed by atoms with Gasteiger partial charge in [-0.2, -0.15) is 5.26 Å². The molecule has 1 aromatic heterocycles. The van der Waals surface area contributed by atoms with E-state index in [1.165, 1.54) is 6.20 Å². The van der Waals surface area contributed by atoms with Crippen LogP contribution in [0.25, 0.3) is 0 Å². The van der Waals surface area contributed by atoms with Gasteiger partial charge < -0.3 is 14.9 Å². The fourth-order valence-corrected chi connectivity index (χ4v) is 2.25. The molecule has 1 aromatic rings. The van der Waals surface area contributed by atoms with Crippen LogP contribution in [0.2, 0.25) is 0 Å². The van der Waals surface area contributed by atoms with Gasteiger partial charge in [0, 0.05) is 114 Å². The third-order valence-electron chi connectivity index (χ3n) is 3.48. The maximum absolute atomic E-state index is 11.9. The van der Waals surface area contributed by atoms with E-state index in [4.69, 9.17) is 15.1 Å². The zero-order valence-corrected chi connectivity index (χ0v) is 23.0. The van der Waals surface area contributed by atoms with Crippen molar-refractivity contribution in [2.75, 3.05) is 6.61 Å². The van der Waals surface area contributed by atoms with Crippen molar-refractivity contribution in [1.82, 2.24) is 9.55 Å². The maximum atomic E-state index is 11.9. The number of hydrogen-bond donors (Lipinski definition) is 3. The Kier molecular flexibility index (Phi) is 13.1. The number of rotatable bonds is 4. The Labute approximate surface area is 216 Å². The molecule has 0 bridgehead atoms. The summed E-state index contributed by atoms with van der Waals surface area (Å²) in [5.41, 5.74) is -1.16. The normalized spacial score (nSPS) is 21.2. The van der Waals surface area contributed by atoms with Crippen LogP contribution in [-0.2, 0) is 4.74 Å². The van der Waals surface area contributed by atoms with Crippen molar-refractivity contribution in [3.05, 3.63) is 32.6 Å². The first-order valence-corrected chi connectivity index (χ1v) is 7.22. The Balaban J connectivity index is 0.00000288. The van der Waals surface area contributed by atoms with E-state index < -0.39 is 29.7 Å². The summed E-state index contributed by atoms with van der Waals surface area (Å²) in [5, 5.41) is 27.2. The fraction of sp³-hybridized carbons (Fsp3) is 0.533. The minimum atomic E-state index is -0.885. The summed E-state index contributed by atoms with van der Waals surface area (Å²) in [4.78, 5) is 25.8. The summed E-state index contributed by atoms with van der Waals surface area (Å²) >= 11 is 0. The zero-order chi connectivity index (χ0) is 16.8. The van der Waals surface area contributed by atoms with Crippen LogP contribution in [0.1, 0.15) is 37.5 Å². The second-order valence-electron chi connectivity index (χ2n) is 5.14. The quantitative estimate of drug-likeness (QED) is 0.273. The minimum absolute atomic E-state index is 0. The molecule has 1 fully saturated rings. The van der Waals surface area contributed by atoms with Gasteiger partial charge in [-0.15, -0.1) is 0 Å². The van der Waals surface area contributed by atoms with Gasteiger partial charge in [-0.25, -0.2) is 4.79 Å². The molecular formula is C15H17Ac2N3O5. The van der Waals surface area contributed by atoms with E-state index in [2.05, 4.69) is 16.8 Å². The number of nitriles is 1. The Bertz CT molecular complexity index is 774. The van der Waals surface area contributed by atoms with Crippen molar-refractivity contribution in [3.8, 4) is 17.9 Å². The monoisotopic (exact) mass is 773 g/mol. The van der Waals surface area contributed by atoms with Crippen LogP contribution >= 0.6 is 0 Å². The third kappa shape index (κ3) is 7.20. The average molecular weight is 773 g/mol. The number of aromatic amines is 1. The minimum Gasteiger partial charge on any atom is -0.394 e. The van der Waals surface area contributed by atoms with Gasteiger partial charge in [-0.3, -0.25) is 14.3 Å². The van der Waals surface area contributed by atoms with Gasteiger partial charge in [0.2, 0.25) is 0 Å². The van der Waals surface area contributed by atoms with Crippen molar-refractivity contribution in [2.24, 2.45) is 0 Å². The molecule has 3 unspecified atom stereocenters. The zero-order valence-electron chi connectivity index (χ0n) is 13.5. The summed E-state index contributed by atoms with van der Waals surface area (Å²) in [7, 11) is 0. The van der Waals surface area contributed by atoms with Crippen LogP contribution < -0.4 is 11.2 Å². The number of nitrogens with zero attached hydrogens (tertiary/aromatic N) is 2. The first-order chi connectivity index (χ1) is 11.1. The number of nitrogens with one attached hydrogen (secondary N) is 1. The number of unbranched alkanes of at least 4 members (excludes halogenated alkanes) is 2. The van der Waals surface area contributed by atoms with Crippen molar-refractivity contribution in [1.29, 1.82) is 5.26 Å². The molecule has 25 heavy (non-hydrogen) atoms. The number of aliphatic hydroxyl groups excluding tert-OH is 2. The molecule has 0 saturated carbocycles. The van der Waals surface area contributed by atoms with Crippen molar-refractivity contribution >= 4 is 0 Å². The Morgan fingerprint density at radius 1 is 1.36 bits per heavy atom. The SMILES string of the molecule is N#CCCCC#Cc1cn(C2CC(O)C(CO)O2)c(=O)[nH]c1=O.[Ac].[Ac]. The molecule has 0 aliphatic carbocycles. The van der Waals surface area contributed by atoms with E-state index in [1.54, 1.807) is 0 Å². The number of aromatic nitrogens is 2. The molecule has 2 heterocycles. The van der Waals surface area contributed by atoms with Crippen LogP contribution in [0.4, 0.5) is 0 Å². The third-order valence-corrected chi connectivity index (χ3v) is 3.48. The second kappa shape index (κ2) is 12.8. The van der Waals surface area contributed by atoms with Crippen molar-refractivity contribution < 1.29 is 103 Å². The second-order valence-corrected chi connectivity index (χ2v) is 5.14. The molecule has 1 aliphatic rings. The van der Waals surface area contributed by atoms with E-state index in [0.29, 0.717) is 19.3 Å². The average Bonchev–Trinajstić information content (AvgIpc) is 2.89. The fourth-order valence-electron chi connectivity index (χ4n) is 2.25. The maximum Gasteiger partial charge on any atom is 0.330 e. The Hall–Kier alpha value is 0.493. The summed E-state index contributed by atoms with van der Waals surface area (Å²) in [5.74, 6) is 5.45. The largest absolute Gasteiger partial charge is 0.394 e. The predicted octanol–water partition coefficient (Wildman–Crippen LogP) is -0.777. The molecule has 1 aliphatic heterocycles. The summed E-state index contributed by atoms with van der Waals surface area (Å²) in [6.07, 6.45) is 0.464. The van der Waals surface area contributed by atoms with Crippen LogP contribution in [0.5, 0.6) is 0 Å². The molecular weight excluding hydrogens is 756 g/mol. The number of aliphatic hydroxyl groups is 2. The standard InChI is InChI=1S/C15H17N3O5.2Ac/c16-6-4-2-1-3-5-10-8-18(15(22)17-14(10)21)13-7-11(20)12(9-19)23-13;;/h8,11-13,19-20H,1-2,4,7,9H2,(H,17,21,22);;. The molecule has 1 saturated heterocycles. The number of ether oxygens (including phenoxy) is 1. The van der Waals surface area contributed by atoms with Gasteiger partial charge in [0.05, 0.1) is 18.8 Å². The molecule has 0 aromatic carbocycles. The Morgan fingerprint density at radius 2 is 2.08 bits per heavy atom. The van der Waals surface area contributed by atoms with E-state index in [0.717, 1.165) is 4.57 Å². The van der Waals surface area contributed by atoms with Gasteiger partial charge in [0.15, 0.2) is 0 Å². The summed E-state index contributed by atoms with van der Waals surface area (Å²) < 4.78 is 6.55. The van der Waals surface area contributed by atoms with Gasteiger partial charge in [-0.05, 0) is 6.42 Å². The van der Waals surface area contributed by atoms with E-state index >= 15 is 0 Å². The Morgan fingerprint density at radius 3 is 2.68 bits per heavy atom. The molecule has 0 amide bonds. The van der Waals surface area contributed by atoms with Crippen molar-refractivity contribution in [3.63, 3.8) is 0 Å². The smallest absolute Gasteiger partial charge is 0.330 e. The van der Waals surface area contributed by atoms with Gasteiger partial charge >= 0.3 is 5.69 Å². The summed E-state index contributed by atoms with van der Waals surface area (Å²) in [6.45, 7) is -0.360. The van der Waals surface area contributed by atoms with E-state index in [9.17, 15) is 14.7 Å². The molecule has 128 valence electrons. The predicted molar refractivity (Wildman–Crippen MR) is 79.3 cm³/mol. The van der Waals surface area contributed by atoms with Crippen molar-refractivity contribution in [2.45, 2.75) is 44.1 Å². The van der Waals surface area contributed by atoms with E-state index in [1.807, 2.05) is 6.07 Å². The molecule has 2 radical (unpaired) electrons. The molecule has 10 heteroatoms. The van der Waals surface area contributed by atoms with Crippen LogP contribution in [0.3, 0.4) is 0 Å². The molecule has 2 rings (SSSR count). The molecule has 3 atom stereocenters. The summed E-state index contributed by atoms with van der Waals surface area (Å²) in [6, 6.07) is 2.00. The van der Waals surface area contributed by atoms with Crippen LogP contribution in [0, 0.1) is 111 Å².